The smallest absolute Gasteiger partial charge is 0.171 e. The van der Waals surface area contributed by atoms with Gasteiger partial charge in [0.1, 0.15) is 11.9 Å². The van der Waals surface area contributed by atoms with Crippen molar-refractivity contribution in [2.45, 2.75) is 39.1 Å². The molecule has 1 heterocycles. The molecule has 1 fully saturated rings. The summed E-state index contributed by atoms with van der Waals surface area (Å²) in [5, 5.41) is 0. The van der Waals surface area contributed by atoms with Gasteiger partial charge < -0.3 is 9.47 Å². The molecule has 0 aromatic carbocycles. The minimum atomic E-state index is -0.697. The Kier molecular flexibility index (Phi) is 2.83. The molecule has 1 aliphatic rings. The van der Waals surface area contributed by atoms with Gasteiger partial charge in [0.15, 0.2) is 11.6 Å². The Bertz CT molecular complexity index is 232. The van der Waals surface area contributed by atoms with Crippen molar-refractivity contribution < 1.29 is 19.1 Å². The quantitative estimate of drug-likeness (QED) is 0.608. The highest BCUT2D eigenvalue weighted by molar-refractivity contribution is 6.00. The lowest BCUT2D eigenvalue weighted by Crippen LogP contribution is -2.27. The zero-order valence-corrected chi connectivity index (χ0v) is 8.12. The molecule has 4 heteroatoms. The molecule has 0 saturated carbocycles. The van der Waals surface area contributed by atoms with Crippen LogP contribution in [0.25, 0.3) is 0 Å². The van der Waals surface area contributed by atoms with Crippen molar-refractivity contribution in [2.24, 2.45) is 0 Å². The van der Waals surface area contributed by atoms with Gasteiger partial charge in [-0.25, -0.2) is 0 Å². The van der Waals surface area contributed by atoms with E-state index >= 15 is 0 Å². The van der Waals surface area contributed by atoms with Gasteiger partial charge in [-0.15, -0.1) is 0 Å². The highest BCUT2D eigenvalue weighted by Crippen LogP contribution is 2.23. The molecule has 0 aliphatic carbocycles. The number of rotatable bonds is 3. The zero-order valence-electron chi connectivity index (χ0n) is 8.12. The van der Waals surface area contributed by atoms with Crippen molar-refractivity contribution in [3.8, 4) is 0 Å². The molecule has 0 radical (unpaired) electrons. The standard InChI is InChI=1S/C9H14O4/c1-6(10)4-7(11)8-5-12-9(2,3)13-8/h8H,4-5H2,1-3H3/t8-/m1/s1. The second-order valence-corrected chi connectivity index (χ2v) is 3.66. The maximum atomic E-state index is 11.3. The van der Waals surface area contributed by atoms with E-state index in [-0.39, 0.29) is 24.6 Å². The number of carbonyl (C=O) groups excluding carboxylic acids is 2. The van der Waals surface area contributed by atoms with Crippen LogP contribution in [0.2, 0.25) is 0 Å². The van der Waals surface area contributed by atoms with Crippen LogP contribution < -0.4 is 0 Å². The van der Waals surface area contributed by atoms with Gasteiger partial charge in [0.25, 0.3) is 0 Å². The van der Waals surface area contributed by atoms with Crippen LogP contribution in [0.4, 0.5) is 0 Å². The number of carbonyl (C=O) groups is 2. The van der Waals surface area contributed by atoms with Gasteiger partial charge in [-0.05, 0) is 20.8 Å². The minimum absolute atomic E-state index is 0.0654. The SMILES string of the molecule is CC(=O)CC(=O)[C@H]1COC(C)(C)O1. The van der Waals surface area contributed by atoms with Crippen LogP contribution in [-0.2, 0) is 19.1 Å². The first-order valence-corrected chi connectivity index (χ1v) is 4.24. The monoisotopic (exact) mass is 186 g/mol. The molecule has 0 N–H and O–H groups in total. The van der Waals surface area contributed by atoms with Gasteiger partial charge >= 0.3 is 0 Å². The van der Waals surface area contributed by atoms with Gasteiger partial charge in [0, 0.05) is 0 Å². The van der Waals surface area contributed by atoms with Crippen molar-refractivity contribution in [3.05, 3.63) is 0 Å². The minimum Gasteiger partial charge on any atom is -0.347 e. The lowest BCUT2D eigenvalue weighted by molar-refractivity contribution is -0.152. The number of hydrogen-bond acceptors (Lipinski definition) is 4. The Balaban J connectivity index is 2.47. The van der Waals surface area contributed by atoms with E-state index in [2.05, 4.69) is 0 Å². The second-order valence-electron chi connectivity index (χ2n) is 3.66. The first kappa shape index (κ1) is 10.3. The number of ether oxygens (including phenoxy) is 2. The average molecular weight is 186 g/mol. The third-order valence-electron chi connectivity index (χ3n) is 1.79. The van der Waals surface area contributed by atoms with E-state index in [1.54, 1.807) is 13.8 Å². The van der Waals surface area contributed by atoms with Crippen LogP contribution in [0.3, 0.4) is 0 Å². The molecular formula is C9H14O4. The van der Waals surface area contributed by atoms with Crippen molar-refractivity contribution in [2.75, 3.05) is 6.61 Å². The van der Waals surface area contributed by atoms with Crippen LogP contribution in [0, 0.1) is 0 Å². The van der Waals surface area contributed by atoms with Crippen LogP contribution >= 0.6 is 0 Å². The lowest BCUT2D eigenvalue weighted by Gasteiger charge is -2.16. The van der Waals surface area contributed by atoms with Crippen molar-refractivity contribution >= 4 is 11.6 Å². The molecule has 1 aliphatic heterocycles. The summed E-state index contributed by atoms with van der Waals surface area (Å²) in [7, 11) is 0. The lowest BCUT2D eigenvalue weighted by atomic mass is 10.1. The molecule has 4 nitrogen and oxygen atoms in total. The first-order chi connectivity index (χ1) is 5.91. The molecule has 1 rings (SSSR count). The Labute approximate surface area is 77.2 Å². The molecule has 0 bridgehead atoms. The van der Waals surface area contributed by atoms with Crippen LogP contribution in [0.5, 0.6) is 0 Å². The molecule has 74 valence electrons. The van der Waals surface area contributed by atoms with E-state index in [0.717, 1.165) is 0 Å². The van der Waals surface area contributed by atoms with Gasteiger partial charge in [-0.2, -0.15) is 0 Å². The molecule has 0 amide bonds. The largest absolute Gasteiger partial charge is 0.347 e. The Morgan fingerprint density at radius 2 is 2.08 bits per heavy atom. The maximum Gasteiger partial charge on any atom is 0.171 e. The third-order valence-corrected chi connectivity index (χ3v) is 1.79. The Hall–Kier alpha value is -0.740. The van der Waals surface area contributed by atoms with E-state index in [4.69, 9.17) is 9.47 Å². The van der Waals surface area contributed by atoms with Crippen LogP contribution in [0.1, 0.15) is 27.2 Å². The summed E-state index contributed by atoms with van der Waals surface area (Å²) in [6.07, 6.45) is -0.636. The summed E-state index contributed by atoms with van der Waals surface area (Å²) in [5.41, 5.74) is 0. The van der Waals surface area contributed by atoms with Gasteiger partial charge in [0.05, 0.1) is 13.0 Å². The van der Waals surface area contributed by atoms with E-state index in [1.807, 2.05) is 0 Å². The molecule has 13 heavy (non-hydrogen) atoms. The van der Waals surface area contributed by atoms with E-state index in [1.165, 1.54) is 6.92 Å². The van der Waals surface area contributed by atoms with Gasteiger partial charge in [-0.3, -0.25) is 9.59 Å². The highest BCUT2D eigenvalue weighted by atomic mass is 16.7. The average Bonchev–Trinajstić information content (AvgIpc) is 2.28. The number of Topliss-reactive ketones (excluding diaryl/α,β-unsaturated/α-hetero) is 2. The summed E-state index contributed by atoms with van der Waals surface area (Å²) >= 11 is 0. The predicted octanol–water partition coefficient (Wildman–Crippen LogP) is 0.686. The Morgan fingerprint density at radius 3 is 2.46 bits per heavy atom. The molecule has 1 saturated heterocycles. The van der Waals surface area contributed by atoms with Crippen LogP contribution in [0.15, 0.2) is 0 Å². The van der Waals surface area contributed by atoms with Gasteiger partial charge in [0.2, 0.25) is 0 Å². The molecule has 0 unspecified atom stereocenters. The fourth-order valence-corrected chi connectivity index (χ4v) is 1.20. The summed E-state index contributed by atoms with van der Waals surface area (Å²) < 4.78 is 10.5. The fourth-order valence-electron chi connectivity index (χ4n) is 1.20. The predicted molar refractivity (Wildman–Crippen MR) is 45.2 cm³/mol. The molecule has 0 aromatic rings. The number of ketones is 2. The summed E-state index contributed by atoms with van der Waals surface area (Å²) in [6, 6.07) is 0. The van der Waals surface area contributed by atoms with Crippen molar-refractivity contribution in [1.29, 1.82) is 0 Å². The van der Waals surface area contributed by atoms with E-state index in [0.29, 0.717) is 0 Å². The highest BCUT2D eigenvalue weighted by Gasteiger charge is 2.36. The van der Waals surface area contributed by atoms with E-state index < -0.39 is 11.9 Å². The van der Waals surface area contributed by atoms with Crippen LogP contribution in [-0.4, -0.2) is 30.1 Å². The van der Waals surface area contributed by atoms with Crippen molar-refractivity contribution in [3.63, 3.8) is 0 Å². The summed E-state index contributed by atoms with van der Waals surface area (Å²) in [6.45, 7) is 5.13. The molecular weight excluding hydrogens is 172 g/mol. The molecule has 1 atom stereocenters. The van der Waals surface area contributed by atoms with E-state index in [9.17, 15) is 9.59 Å². The zero-order chi connectivity index (χ0) is 10.1. The Morgan fingerprint density at radius 1 is 1.46 bits per heavy atom. The second kappa shape index (κ2) is 3.55. The first-order valence-electron chi connectivity index (χ1n) is 4.24. The maximum absolute atomic E-state index is 11.3. The summed E-state index contributed by atoms with van der Waals surface area (Å²) in [4.78, 5) is 22.0. The third kappa shape index (κ3) is 2.90. The topological polar surface area (TPSA) is 52.6 Å². The fraction of sp³-hybridized carbons (Fsp3) is 0.778. The normalized spacial score (nSPS) is 25.9. The summed E-state index contributed by atoms with van der Waals surface area (Å²) in [5.74, 6) is -1.03. The molecule has 0 aromatic heterocycles. The van der Waals surface area contributed by atoms with Gasteiger partial charge in [-0.1, -0.05) is 0 Å². The molecule has 0 spiro atoms. The number of hydrogen-bond donors (Lipinski definition) is 0. The van der Waals surface area contributed by atoms with Crippen molar-refractivity contribution in [1.82, 2.24) is 0 Å².